The Labute approximate surface area is 46.5 Å². The Kier molecular flexibility index (Phi) is 3.18. The Morgan fingerprint density at radius 2 is 2.33 bits per heavy atom. The van der Waals surface area contributed by atoms with E-state index in [4.69, 9.17) is 0 Å². The first-order valence-electron chi connectivity index (χ1n) is 1.73. The fourth-order valence-electron chi connectivity index (χ4n) is 0.118. The van der Waals surface area contributed by atoms with Gasteiger partial charge < -0.3 is 0 Å². The van der Waals surface area contributed by atoms with Crippen LogP contribution in [0.15, 0.2) is 23.2 Å². The second kappa shape index (κ2) is 3.19. The van der Waals surface area contributed by atoms with Crippen molar-refractivity contribution in [3.8, 4) is 0 Å². The molecule has 0 spiro atoms. The molecule has 0 aliphatic carbocycles. The molecule has 0 aromatic carbocycles. The molecule has 0 radical (unpaired) electrons. The van der Waals surface area contributed by atoms with E-state index in [0.29, 0.717) is 0 Å². The van der Waals surface area contributed by atoms with Gasteiger partial charge in [-0.2, -0.15) is 0 Å². The van der Waals surface area contributed by atoms with E-state index in [1.54, 1.807) is 6.08 Å². The van der Waals surface area contributed by atoms with Crippen LogP contribution in [0.2, 0.25) is 0 Å². The molecule has 0 heterocycles. The van der Waals surface area contributed by atoms with Gasteiger partial charge in [-0.3, -0.25) is 0 Å². The van der Waals surface area contributed by atoms with Gasteiger partial charge in [-0.25, -0.2) is 0 Å². The molecule has 1 heteroatoms. The first-order chi connectivity index (χ1) is 2.81. The molecule has 0 N–H and O–H groups in total. The normalized spacial score (nSPS) is 11.5. The van der Waals surface area contributed by atoms with Crippen LogP contribution >= 0.6 is 0 Å². The van der Waals surface area contributed by atoms with Crippen molar-refractivity contribution in [3.05, 3.63) is 23.2 Å². The first-order valence-corrected chi connectivity index (χ1v) is 2.25. The molecule has 0 fully saturated rings. The summed E-state index contributed by atoms with van der Waals surface area (Å²) in [6.45, 7) is 5.40. The van der Waals surface area contributed by atoms with Crippen LogP contribution in [0, 0.1) is 0 Å². The van der Waals surface area contributed by atoms with Crippen molar-refractivity contribution in [3.63, 3.8) is 0 Å². The van der Waals surface area contributed by atoms with Gasteiger partial charge in [0, 0.05) is 0 Å². The van der Waals surface area contributed by atoms with Gasteiger partial charge in [-0.1, -0.05) is 0 Å². The van der Waals surface area contributed by atoms with Gasteiger partial charge in [0.2, 0.25) is 0 Å². The van der Waals surface area contributed by atoms with Crippen LogP contribution in [0.25, 0.3) is 0 Å². The van der Waals surface area contributed by atoms with Crippen molar-refractivity contribution in [1.82, 2.24) is 0 Å². The predicted molar refractivity (Wildman–Crippen MR) is 24.0 cm³/mol. The van der Waals surface area contributed by atoms with E-state index in [9.17, 15) is 0 Å². The monoisotopic (exact) mass is 126 g/mol. The third kappa shape index (κ3) is 2.24. The van der Waals surface area contributed by atoms with Crippen LogP contribution in [0.5, 0.6) is 0 Å². The number of hydrogen-bond acceptors (Lipinski definition) is 0. The molecular formula is C5H7Co. The zero-order chi connectivity index (χ0) is 4.99. The van der Waals surface area contributed by atoms with E-state index in [0.717, 1.165) is 4.51 Å². The predicted octanol–water partition coefficient (Wildman–Crippen LogP) is 1.62. The standard InChI is InChI=1S/C5H7.Co/c1-3-5-4-2;/h3-4H,1H2,2H3;. The van der Waals surface area contributed by atoms with Gasteiger partial charge in [0.25, 0.3) is 0 Å². The number of allylic oxidation sites excluding steroid dienone is 3. The van der Waals surface area contributed by atoms with Crippen LogP contribution in [-0.4, -0.2) is 0 Å². The minimum atomic E-state index is 0.919. The Morgan fingerprint density at radius 3 is 2.33 bits per heavy atom. The van der Waals surface area contributed by atoms with Gasteiger partial charge in [0.15, 0.2) is 0 Å². The molecule has 0 aliphatic heterocycles. The molecule has 0 aliphatic rings. The quantitative estimate of drug-likeness (QED) is 0.468. The molecular weight excluding hydrogens is 119 g/mol. The van der Waals surface area contributed by atoms with Gasteiger partial charge >= 0.3 is 45.9 Å². The second-order valence-electron chi connectivity index (χ2n) is 0.852. The Morgan fingerprint density at radius 1 is 1.83 bits per heavy atom. The van der Waals surface area contributed by atoms with Crippen molar-refractivity contribution in [1.29, 1.82) is 0 Å². The van der Waals surface area contributed by atoms with E-state index in [2.05, 4.69) is 22.3 Å². The van der Waals surface area contributed by atoms with Gasteiger partial charge in [0.1, 0.15) is 0 Å². The topological polar surface area (TPSA) is 0 Å². The summed E-state index contributed by atoms with van der Waals surface area (Å²) in [4.78, 5) is 0. The summed E-state index contributed by atoms with van der Waals surface area (Å²) in [7, 11) is 0. The van der Waals surface area contributed by atoms with Gasteiger partial charge in [0.05, 0.1) is 0 Å². The summed E-state index contributed by atoms with van der Waals surface area (Å²) < 4.78 is 0.919. The summed E-state index contributed by atoms with van der Waals surface area (Å²) in [6.07, 6.45) is 3.58. The van der Waals surface area contributed by atoms with Gasteiger partial charge in [-0.15, -0.1) is 0 Å². The first kappa shape index (κ1) is 5.99. The van der Waals surface area contributed by atoms with Crippen molar-refractivity contribution in [2.24, 2.45) is 0 Å². The average molecular weight is 126 g/mol. The summed E-state index contributed by atoms with van der Waals surface area (Å²) in [5.41, 5.74) is 0. The summed E-state index contributed by atoms with van der Waals surface area (Å²) in [6, 6.07) is 0. The number of hydrogen-bond donors (Lipinski definition) is 0. The van der Waals surface area contributed by atoms with Crippen molar-refractivity contribution in [2.75, 3.05) is 0 Å². The molecule has 6 heavy (non-hydrogen) atoms. The molecule has 0 aromatic heterocycles. The molecule has 36 valence electrons. The van der Waals surface area contributed by atoms with Crippen molar-refractivity contribution in [2.45, 2.75) is 6.92 Å². The molecule has 0 unspecified atom stereocenters. The molecule has 0 bridgehead atoms. The molecule has 0 aromatic rings. The average Bonchev–Trinajstić information content (AvgIpc) is 1.65. The minimum absolute atomic E-state index is 0.919. The zero-order valence-corrected chi connectivity index (χ0v) is 4.74. The molecule has 0 amide bonds. The fraction of sp³-hybridized carbons (Fsp3) is 0.200. The zero-order valence-electron chi connectivity index (χ0n) is 3.70. The second-order valence-corrected chi connectivity index (χ2v) is 1.45. The molecule has 0 nitrogen and oxygen atoms in total. The Balaban J connectivity index is 3.50. The van der Waals surface area contributed by atoms with Gasteiger partial charge in [-0.05, 0) is 0 Å². The third-order valence-electron chi connectivity index (χ3n) is 0.449. The van der Waals surface area contributed by atoms with E-state index in [1.807, 2.05) is 13.0 Å². The third-order valence-corrected chi connectivity index (χ3v) is 0.962. The van der Waals surface area contributed by atoms with E-state index < -0.39 is 0 Å². The maximum absolute atomic E-state index is 4.02. The molecule has 0 rings (SSSR count). The van der Waals surface area contributed by atoms with Crippen LogP contribution in [-0.2, 0) is 15.7 Å². The fourth-order valence-corrected chi connectivity index (χ4v) is 0.118. The number of rotatable bonds is 1. The van der Waals surface area contributed by atoms with E-state index in [1.165, 1.54) is 0 Å². The van der Waals surface area contributed by atoms with Crippen LogP contribution in [0.3, 0.4) is 0 Å². The molecule has 0 atom stereocenters. The summed E-state index contributed by atoms with van der Waals surface area (Å²) in [5, 5.41) is 0. The molecule has 0 saturated carbocycles. The van der Waals surface area contributed by atoms with Crippen LogP contribution in [0.1, 0.15) is 6.92 Å². The Bertz CT molecular complexity index is 72.0. The van der Waals surface area contributed by atoms with Crippen LogP contribution < -0.4 is 0 Å². The molecule has 0 saturated heterocycles. The van der Waals surface area contributed by atoms with E-state index in [-0.39, 0.29) is 0 Å². The SMILES string of the molecule is C=C[C]([Co])=CC. The van der Waals surface area contributed by atoms with E-state index >= 15 is 0 Å². The summed E-state index contributed by atoms with van der Waals surface area (Å²) >= 11 is 4.02. The van der Waals surface area contributed by atoms with Crippen molar-refractivity contribution < 1.29 is 15.7 Å². The van der Waals surface area contributed by atoms with Crippen molar-refractivity contribution >= 4 is 0 Å². The maximum atomic E-state index is 4.02. The summed E-state index contributed by atoms with van der Waals surface area (Å²) in [5.74, 6) is 0. The Hall–Kier alpha value is -0.0135. The van der Waals surface area contributed by atoms with Crippen LogP contribution in [0.4, 0.5) is 0 Å².